The molecule has 2 N–H and O–H groups in total. The summed E-state index contributed by atoms with van der Waals surface area (Å²) in [4.78, 5) is 14.7. The van der Waals surface area contributed by atoms with Crippen LogP contribution in [-0.4, -0.2) is 33.1 Å². The predicted octanol–water partition coefficient (Wildman–Crippen LogP) is 3.84. The van der Waals surface area contributed by atoms with Crippen LogP contribution in [0.1, 0.15) is 38.7 Å². The highest BCUT2D eigenvalue weighted by Crippen LogP contribution is 2.35. The SMILES string of the molecule is CC(C)(O)c1cccc(-c2c[nH]c3ncnc(N4CCCCC4)c23)c1. The highest BCUT2D eigenvalue weighted by molar-refractivity contribution is 6.01. The molecule has 3 aromatic rings. The first-order valence-electron chi connectivity index (χ1n) is 8.94. The number of nitrogens with zero attached hydrogens (tertiary/aromatic N) is 3. The summed E-state index contributed by atoms with van der Waals surface area (Å²) in [6.07, 6.45) is 7.34. The van der Waals surface area contributed by atoms with Gasteiger partial charge in [0.2, 0.25) is 0 Å². The Balaban J connectivity index is 1.86. The topological polar surface area (TPSA) is 65.0 Å². The third-order valence-electron chi connectivity index (χ3n) is 4.99. The Labute approximate surface area is 147 Å². The third kappa shape index (κ3) is 3.00. The van der Waals surface area contributed by atoms with Gasteiger partial charge in [-0.15, -0.1) is 0 Å². The molecule has 2 aromatic heterocycles. The van der Waals surface area contributed by atoms with Crippen molar-refractivity contribution in [1.29, 1.82) is 0 Å². The summed E-state index contributed by atoms with van der Waals surface area (Å²) in [5, 5.41) is 11.4. The molecule has 0 spiro atoms. The number of piperidine rings is 1. The van der Waals surface area contributed by atoms with Crippen LogP contribution >= 0.6 is 0 Å². The van der Waals surface area contributed by atoms with Crippen molar-refractivity contribution in [2.24, 2.45) is 0 Å². The van der Waals surface area contributed by atoms with Crippen LogP contribution in [0.5, 0.6) is 0 Å². The predicted molar refractivity (Wildman–Crippen MR) is 101 cm³/mol. The van der Waals surface area contributed by atoms with Crippen molar-refractivity contribution in [1.82, 2.24) is 15.0 Å². The van der Waals surface area contributed by atoms with E-state index in [0.29, 0.717) is 0 Å². The van der Waals surface area contributed by atoms with Gasteiger partial charge in [-0.25, -0.2) is 9.97 Å². The Bertz CT molecular complexity index is 888. The van der Waals surface area contributed by atoms with Crippen molar-refractivity contribution in [3.63, 3.8) is 0 Å². The number of aliphatic hydroxyl groups is 1. The molecule has 0 atom stereocenters. The summed E-state index contributed by atoms with van der Waals surface area (Å²) >= 11 is 0. The van der Waals surface area contributed by atoms with Crippen LogP contribution in [0.15, 0.2) is 36.8 Å². The molecule has 1 fully saturated rings. The molecule has 1 aliphatic rings. The van der Waals surface area contributed by atoms with Crippen molar-refractivity contribution < 1.29 is 5.11 Å². The molecule has 0 saturated carbocycles. The number of hydrogen-bond donors (Lipinski definition) is 2. The van der Waals surface area contributed by atoms with E-state index < -0.39 is 5.60 Å². The van der Waals surface area contributed by atoms with Crippen molar-refractivity contribution in [2.45, 2.75) is 38.7 Å². The molecule has 0 amide bonds. The fourth-order valence-electron chi connectivity index (χ4n) is 3.59. The minimum atomic E-state index is -0.867. The molecule has 0 radical (unpaired) electrons. The van der Waals surface area contributed by atoms with Crippen LogP contribution in [0, 0.1) is 0 Å². The first kappa shape index (κ1) is 16.1. The number of nitrogens with one attached hydrogen (secondary N) is 1. The maximum Gasteiger partial charge on any atom is 0.143 e. The number of fused-ring (bicyclic) bond motifs is 1. The summed E-state index contributed by atoms with van der Waals surface area (Å²) in [5.74, 6) is 1.01. The molecule has 3 heterocycles. The zero-order chi connectivity index (χ0) is 17.4. The summed E-state index contributed by atoms with van der Waals surface area (Å²) in [6.45, 7) is 5.70. The van der Waals surface area contributed by atoms with Gasteiger partial charge in [0.15, 0.2) is 0 Å². The molecule has 25 heavy (non-hydrogen) atoms. The van der Waals surface area contributed by atoms with Gasteiger partial charge < -0.3 is 15.0 Å². The second kappa shape index (κ2) is 6.15. The van der Waals surface area contributed by atoms with Crippen LogP contribution in [0.4, 0.5) is 5.82 Å². The lowest BCUT2D eigenvalue weighted by molar-refractivity contribution is 0.0786. The lowest BCUT2D eigenvalue weighted by atomic mass is 9.94. The zero-order valence-corrected chi connectivity index (χ0v) is 14.8. The second-order valence-corrected chi connectivity index (χ2v) is 7.31. The monoisotopic (exact) mass is 336 g/mol. The molecule has 1 aliphatic heterocycles. The number of aromatic nitrogens is 3. The minimum Gasteiger partial charge on any atom is -0.386 e. The molecule has 5 heteroatoms. The number of hydrogen-bond acceptors (Lipinski definition) is 4. The average molecular weight is 336 g/mol. The second-order valence-electron chi connectivity index (χ2n) is 7.31. The summed E-state index contributed by atoms with van der Waals surface area (Å²) in [5.41, 5.74) is 3.05. The Morgan fingerprint density at radius 1 is 1.12 bits per heavy atom. The molecule has 0 bridgehead atoms. The molecule has 5 nitrogen and oxygen atoms in total. The zero-order valence-electron chi connectivity index (χ0n) is 14.8. The van der Waals surface area contributed by atoms with Crippen molar-refractivity contribution in [2.75, 3.05) is 18.0 Å². The van der Waals surface area contributed by atoms with E-state index in [1.807, 2.05) is 32.2 Å². The van der Waals surface area contributed by atoms with E-state index in [4.69, 9.17) is 0 Å². The standard InChI is InChI=1S/C20H24N4O/c1-20(2,25)15-8-6-7-14(11-15)16-12-21-18-17(16)19(23-13-22-18)24-9-4-3-5-10-24/h6-8,11-13,25H,3-5,9-10H2,1-2H3,(H,21,22,23). The molecular weight excluding hydrogens is 312 g/mol. The summed E-state index contributed by atoms with van der Waals surface area (Å²) in [7, 11) is 0. The number of aromatic amines is 1. The number of H-pyrrole nitrogens is 1. The van der Waals surface area contributed by atoms with E-state index in [1.165, 1.54) is 19.3 Å². The lowest BCUT2D eigenvalue weighted by Gasteiger charge is -2.28. The van der Waals surface area contributed by atoms with E-state index in [1.54, 1.807) is 6.33 Å². The summed E-state index contributed by atoms with van der Waals surface area (Å²) < 4.78 is 0. The van der Waals surface area contributed by atoms with Gasteiger partial charge in [0, 0.05) is 24.8 Å². The van der Waals surface area contributed by atoms with Gasteiger partial charge >= 0.3 is 0 Å². The van der Waals surface area contributed by atoms with Crippen LogP contribution in [0.3, 0.4) is 0 Å². The summed E-state index contributed by atoms with van der Waals surface area (Å²) in [6, 6.07) is 8.08. The molecule has 130 valence electrons. The number of anilines is 1. The molecule has 0 unspecified atom stereocenters. The van der Waals surface area contributed by atoms with Crippen LogP contribution in [0.2, 0.25) is 0 Å². The first-order valence-corrected chi connectivity index (χ1v) is 8.94. The van der Waals surface area contributed by atoms with Crippen LogP contribution in [-0.2, 0) is 5.60 Å². The van der Waals surface area contributed by atoms with E-state index in [2.05, 4.69) is 32.0 Å². The van der Waals surface area contributed by atoms with E-state index in [0.717, 1.165) is 46.6 Å². The third-order valence-corrected chi connectivity index (χ3v) is 4.99. The van der Waals surface area contributed by atoms with E-state index in [-0.39, 0.29) is 0 Å². The highest BCUT2D eigenvalue weighted by Gasteiger charge is 2.21. The van der Waals surface area contributed by atoms with E-state index >= 15 is 0 Å². The Morgan fingerprint density at radius 2 is 1.92 bits per heavy atom. The van der Waals surface area contributed by atoms with Crippen LogP contribution < -0.4 is 4.90 Å². The Morgan fingerprint density at radius 3 is 2.68 bits per heavy atom. The largest absolute Gasteiger partial charge is 0.386 e. The minimum absolute atomic E-state index is 0.860. The number of rotatable bonds is 3. The smallest absolute Gasteiger partial charge is 0.143 e. The van der Waals surface area contributed by atoms with Gasteiger partial charge in [-0.1, -0.05) is 18.2 Å². The highest BCUT2D eigenvalue weighted by atomic mass is 16.3. The Kier molecular flexibility index (Phi) is 3.96. The molecule has 0 aliphatic carbocycles. The van der Waals surface area contributed by atoms with Crippen molar-refractivity contribution >= 4 is 16.9 Å². The molecule has 4 rings (SSSR count). The average Bonchev–Trinajstić information content (AvgIpc) is 3.06. The normalized spacial score (nSPS) is 15.7. The van der Waals surface area contributed by atoms with Crippen LogP contribution in [0.25, 0.3) is 22.2 Å². The van der Waals surface area contributed by atoms with Gasteiger partial charge in [-0.05, 0) is 50.3 Å². The fourth-order valence-corrected chi connectivity index (χ4v) is 3.59. The van der Waals surface area contributed by atoms with Gasteiger partial charge in [0.05, 0.1) is 11.0 Å². The van der Waals surface area contributed by atoms with Crippen molar-refractivity contribution in [3.8, 4) is 11.1 Å². The maximum absolute atomic E-state index is 10.3. The fraction of sp³-hybridized carbons (Fsp3) is 0.400. The lowest BCUT2D eigenvalue weighted by Crippen LogP contribution is -2.30. The first-order chi connectivity index (χ1) is 12.0. The quantitative estimate of drug-likeness (QED) is 0.763. The molecule has 1 aromatic carbocycles. The van der Waals surface area contributed by atoms with Gasteiger partial charge in [-0.2, -0.15) is 0 Å². The Hall–Kier alpha value is -2.40. The maximum atomic E-state index is 10.3. The molecular formula is C20H24N4O. The number of benzene rings is 1. The van der Waals surface area contributed by atoms with Gasteiger partial charge in [0.1, 0.15) is 17.8 Å². The van der Waals surface area contributed by atoms with Crippen molar-refractivity contribution in [3.05, 3.63) is 42.4 Å². The van der Waals surface area contributed by atoms with E-state index in [9.17, 15) is 5.11 Å². The van der Waals surface area contributed by atoms with Gasteiger partial charge in [-0.3, -0.25) is 0 Å². The molecule has 1 saturated heterocycles. The van der Waals surface area contributed by atoms with Gasteiger partial charge in [0.25, 0.3) is 0 Å².